The molecule has 0 radical (unpaired) electrons. The van der Waals surface area contributed by atoms with E-state index in [1.165, 1.54) is 14.8 Å². The standard InChI is InChI=1S/C16H27N7O5S/c1-14-17-15(23(25)26)13-20(14)4-3-16(24)19-7-11-22(12-8-19)29(27,28)21-9-5-18(2)6-10-21/h13H,3-12H2,1-2H3. The zero-order chi connectivity index (χ0) is 21.2. The normalized spacial score (nSPS) is 20.1. The lowest BCUT2D eigenvalue weighted by Gasteiger charge is -2.39. The minimum atomic E-state index is -3.50. The van der Waals surface area contributed by atoms with Gasteiger partial charge in [0.1, 0.15) is 6.20 Å². The number of carbonyl (C=O) groups is 1. The second kappa shape index (κ2) is 8.73. The van der Waals surface area contributed by atoms with E-state index in [1.807, 2.05) is 7.05 Å². The first kappa shape index (κ1) is 21.6. The number of aromatic nitrogens is 2. The molecule has 2 fully saturated rings. The molecule has 0 unspecified atom stereocenters. The summed E-state index contributed by atoms with van der Waals surface area (Å²) in [5.74, 6) is 0.141. The summed E-state index contributed by atoms with van der Waals surface area (Å²) < 4.78 is 30.1. The van der Waals surface area contributed by atoms with Crippen molar-refractivity contribution in [3.05, 3.63) is 22.1 Å². The third-order valence-electron chi connectivity index (χ3n) is 5.42. The molecule has 2 aliphatic rings. The molecule has 29 heavy (non-hydrogen) atoms. The lowest BCUT2D eigenvalue weighted by molar-refractivity contribution is -0.389. The fourth-order valence-corrected chi connectivity index (χ4v) is 5.11. The highest BCUT2D eigenvalue weighted by Crippen LogP contribution is 2.16. The molecule has 1 aromatic rings. The summed E-state index contributed by atoms with van der Waals surface area (Å²) in [7, 11) is -1.53. The summed E-state index contributed by atoms with van der Waals surface area (Å²) >= 11 is 0. The van der Waals surface area contributed by atoms with E-state index in [0.29, 0.717) is 51.6 Å². The van der Waals surface area contributed by atoms with Crippen LogP contribution in [-0.4, -0.2) is 107 Å². The van der Waals surface area contributed by atoms with Crippen LogP contribution in [0.5, 0.6) is 0 Å². The highest BCUT2D eigenvalue weighted by atomic mass is 32.2. The Bertz CT molecular complexity index is 855. The summed E-state index contributed by atoms with van der Waals surface area (Å²) in [6, 6.07) is 0. The molecule has 13 heteroatoms. The lowest BCUT2D eigenvalue weighted by atomic mass is 10.3. The van der Waals surface area contributed by atoms with Crippen molar-refractivity contribution in [1.82, 2.24) is 28.0 Å². The average molecular weight is 430 g/mol. The average Bonchev–Trinajstić information content (AvgIpc) is 3.07. The molecule has 0 N–H and O–H groups in total. The second-order valence-corrected chi connectivity index (χ2v) is 9.27. The SMILES string of the molecule is Cc1nc([N+](=O)[O-])cn1CCC(=O)N1CCN(S(=O)(=O)N2CCN(C)CC2)CC1. The van der Waals surface area contributed by atoms with Crippen LogP contribution in [0.2, 0.25) is 0 Å². The predicted molar refractivity (Wildman–Crippen MR) is 104 cm³/mol. The monoisotopic (exact) mass is 429 g/mol. The van der Waals surface area contributed by atoms with E-state index < -0.39 is 15.1 Å². The summed E-state index contributed by atoms with van der Waals surface area (Å²) in [6.45, 7) is 5.57. The summed E-state index contributed by atoms with van der Waals surface area (Å²) in [5, 5.41) is 10.8. The molecular weight excluding hydrogens is 402 g/mol. The van der Waals surface area contributed by atoms with Gasteiger partial charge in [0.2, 0.25) is 11.7 Å². The van der Waals surface area contributed by atoms with Crippen molar-refractivity contribution < 1.29 is 18.1 Å². The number of nitrogens with zero attached hydrogens (tertiary/aromatic N) is 7. The van der Waals surface area contributed by atoms with Crippen molar-refractivity contribution in [3.63, 3.8) is 0 Å². The van der Waals surface area contributed by atoms with Crippen LogP contribution in [0.4, 0.5) is 5.82 Å². The first-order valence-corrected chi connectivity index (χ1v) is 11.0. The molecule has 0 spiro atoms. The third kappa shape index (κ3) is 4.91. The molecule has 3 rings (SSSR count). The first-order chi connectivity index (χ1) is 13.7. The van der Waals surface area contributed by atoms with Crippen LogP contribution in [0.15, 0.2) is 6.20 Å². The third-order valence-corrected chi connectivity index (χ3v) is 7.46. The van der Waals surface area contributed by atoms with Crippen LogP contribution in [-0.2, 0) is 21.5 Å². The zero-order valence-corrected chi connectivity index (χ0v) is 17.5. The molecule has 0 aromatic carbocycles. The maximum absolute atomic E-state index is 12.8. The van der Waals surface area contributed by atoms with Crippen molar-refractivity contribution in [3.8, 4) is 0 Å². The van der Waals surface area contributed by atoms with E-state index in [2.05, 4.69) is 9.88 Å². The second-order valence-electron chi connectivity index (χ2n) is 7.34. The molecule has 12 nitrogen and oxygen atoms in total. The highest BCUT2D eigenvalue weighted by molar-refractivity contribution is 7.86. The maximum atomic E-state index is 12.8. The van der Waals surface area contributed by atoms with Gasteiger partial charge in [-0.15, -0.1) is 0 Å². The minimum absolute atomic E-state index is 0.0996. The van der Waals surface area contributed by atoms with Gasteiger partial charge in [-0.2, -0.15) is 17.0 Å². The van der Waals surface area contributed by atoms with Crippen molar-refractivity contribution in [2.45, 2.75) is 19.9 Å². The number of rotatable bonds is 6. The van der Waals surface area contributed by atoms with Crippen LogP contribution in [0, 0.1) is 17.0 Å². The summed E-state index contributed by atoms with van der Waals surface area (Å²) in [6.07, 6.45) is 1.50. The van der Waals surface area contributed by atoms with Gasteiger partial charge in [-0.1, -0.05) is 0 Å². The Hall–Kier alpha value is -2.09. The molecule has 2 saturated heterocycles. The number of carbonyl (C=O) groups excluding carboxylic acids is 1. The number of aryl methyl sites for hydroxylation is 2. The molecule has 0 aliphatic carbocycles. The van der Waals surface area contributed by atoms with Gasteiger partial charge in [0, 0.05) is 72.2 Å². The largest absolute Gasteiger partial charge is 0.381 e. The number of imidazole rings is 1. The van der Waals surface area contributed by atoms with Crippen LogP contribution in [0.25, 0.3) is 0 Å². The van der Waals surface area contributed by atoms with E-state index in [9.17, 15) is 23.3 Å². The van der Waals surface area contributed by atoms with Gasteiger partial charge in [-0.05, 0) is 17.0 Å². The maximum Gasteiger partial charge on any atom is 0.381 e. The number of hydrogen-bond acceptors (Lipinski definition) is 7. The Labute approximate surface area is 170 Å². The number of nitro groups is 1. The van der Waals surface area contributed by atoms with Crippen molar-refractivity contribution in [2.75, 3.05) is 59.4 Å². The van der Waals surface area contributed by atoms with E-state index in [-0.39, 0.29) is 31.2 Å². The fraction of sp³-hybridized carbons (Fsp3) is 0.750. The number of piperazine rings is 2. The fourth-order valence-electron chi connectivity index (χ4n) is 3.53. The van der Waals surface area contributed by atoms with E-state index in [0.717, 1.165) is 0 Å². The Morgan fingerprint density at radius 3 is 2.17 bits per heavy atom. The van der Waals surface area contributed by atoms with Gasteiger partial charge >= 0.3 is 5.82 Å². The van der Waals surface area contributed by atoms with Gasteiger partial charge in [-0.3, -0.25) is 4.79 Å². The van der Waals surface area contributed by atoms with Crippen LogP contribution in [0.1, 0.15) is 12.2 Å². The summed E-state index contributed by atoms with van der Waals surface area (Å²) in [4.78, 5) is 30.3. The van der Waals surface area contributed by atoms with E-state index in [4.69, 9.17) is 0 Å². The van der Waals surface area contributed by atoms with E-state index in [1.54, 1.807) is 16.4 Å². The number of amides is 1. The molecule has 1 aromatic heterocycles. The topological polar surface area (TPSA) is 125 Å². The molecule has 0 bridgehead atoms. The molecular formula is C16H27N7O5S. The minimum Gasteiger partial charge on any atom is -0.358 e. The molecule has 0 saturated carbocycles. The van der Waals surface area contributed by atoms with Gasteiger partial charge in [0.05, 0.1) is 0 Å². The molecule has 0 atom stereocenters. The molecule has 3 heterocycles. The van der Waals surface area contributed by atoms with Crippen molar-refractivity contribution in [1.29, 1.82) is 0 Å². The Morgan fingerprint density at radius 1 is 1.10 bits per heavy atom. The highest BCUT2D eigenvalue weighted by Gasteiger charge is 2.34. The lowest BCUT2D eigenvalue weighted by Crippen LogP contribution is -2.57. The van der Waals surface area contributed by atoms with Crippen LogP contribution in [0.3, 0.4) is 0 Å². The predicted octanol–water partition coefficient (Wildman–Crippen LogP) is -0.874. The number of likely N-dealkylation sites (N-methyl/N-ethyl adjacent to an activating group) is 1. The summed E-state index contributed by atoms with van der Waals surface area (Å²) in [5.41, 5.74) is 0. The van der Waals surface area contributed by atoms with Gasteiger partial charge in [0.15, 0.2) is 0 Å². The van der Waals surface area contributed by atoms with Gasteiger partial charge in [0.25, 0.3) is 10.2 Å². The van der Waals surface area contributed by atoms with Crippen LogP contribution >= 0.6 is 0 Å². The van der Waals surface area contributed by atoms with Crippen LogP contribution < -0.4 is 0 Å². The Kier molecular flexibility index (Phi) is 6.51. The van der Waals surface area contributed by atoms with Gasteiger partial charge < -0.3 is 24.5 Å². The number of hydrogen-bond donors (Lipinski definition) is 0. The first-order valence-electron chi connectivity index (χ1n) is 9.58. The molecule has 1 amide bonds. The van der Waals surface area contributed by atoms with Gasteiger partial charge in [-0.25, -0.2) is 0 Å². The smallest absolute Gasteiger partial charge is 0.358 e. The van der Waals surface area contributed by atoms with Crippen molar-refractivity contribution in [2.24, 2.45) is 0 Å². The van der Waals surface area contributed by atoms with E-state index >= 15 is 0 Å². The quantitative estimate of drug-likeness (QED) is 0.425. The Balaban J connectivity index is 1.50. The zero-order valence-electron chi connectivity index (χ0n) is 16.7. The molecule has 162 valence electrons. The molecule has 2 aliphatic heterocycles. The van der Waals surface area contributed by atoms with Crippen molar-refractivity contribution >= 4 is 21.9 Å². The Morgan fingerprint density at radius 2 is 1.66 bits per heavy atom.